The molecule has 1 rings (SSSR count). The molecule has 0 bridgehead atoms. The lowest BCUT2D eigenvalue weighted by Gasteiger charge is -2.07. The minimum atomic E-state index is 0.647. The molecule has 0 aliphatic carbocycles. The van der Waals surface area contributed by atoms with Crippen LogP contribution in [0.5, 0.6) is 5.75 Å². The van der Waals surface area contributed by atoms with E-state index in [0.717, 1.165) is 11.3 Å². The van der Waals surface area contributed by atoms with E-state index in [9.17, 15) is 0 Å². The Hall–Kier alpha value is -1.96. The summed E-state index contributed by atoms with van der Waals surface area (Å²) in [6, 6.07) is 5.57. The fourth-order valence-corrected chi connectivity index (χ4v) is 1.08. The van der Waals surface area contributed by atoms with Gasteiger partial charge in [0.05, 0.1) is 0 Å². The maximum atomic E-state index is 5.77. The first-order chi connectivity index (χ1) is 7.17. The summed E-state index contributed by atoms with van der Waals surface area (Å²) in [6.45, 7) is 9.19. The van der Waals surface area contributed by atoms with Crippen molar-refractivity contribution in [3.8, 4) is 5.75 Å². The van der Waals surface area contributed by atoms with Gasteiger partial charge in [-0.1, -0.05) is 25.3 Å². The number of hydrogen-bond acceptors (Lipinski definition) is 2. The molecule has 15 heavy (non-hydrogen) atoms. The van der Waals surface area contributed by atoms with Gasteiger partial charge in [-0.2, -0.15) is 0 Å². The molecule has 0 amide bonds. The lowest BCUT2D eigenvalue weighted by atomic mass is 10.2. The Kier molecular flexibility index (Phi) is 3.75. The van der Waals surface area contributed by atoms with Crippen molar-refractivity contribution in [2.45, 2.75) is 6.92 Å². The molecule has 1 aromatic carbocycles. The van der Waals surface area contributed by atoms with E-state index in [2.05, 4.69) is 13.2 Å². The first-order valence-electron chi connectivity index (χ1n) is 4.66. The van der Waals surface area contributed by atoms with Crippen LogP contribution in [-0.4, -0.2) is 0 Å². The van der Waals surface area contributed by atoms with Crippen molar-refractivity contribution in [1.82, 2.24) is 0 Å². The highest BCUT2D eigenvalue weighted by Crippen LogP contribution is 2.21. The second-order valence-corrected chi connectivity index (χ2v) is 3.13. The summed E-state index contributed by atoms with van der Waals surface area (Å²) in [5.41, 5.74) is 7.52. The predicted octanol–water partition coefficient (Wildman–Crippen LogP) is 3.21. The molecule has 0 fully saturated rings. The number of rotatable bonds is 4. The lowest BCUT2D eigenvalue weighted by Crippen LogP contribution is -1.94. The number of allylic oxidation sites excluding steroid dienone is 3. The Morgan fingerprint density at radius 3 is 2.67 bits per heavy atom. The first-order valence-corrected chi connectivity index (χ1v) is 4.66. The van der Waals surface area contributed by atoms with Crippen LogP contribution in [0.15, 0.2) is 55.3 Å². The van der Waals surface area contributed by atoms with Gasteiger partial charge < -0.3 is 10.5 Å². The molecule has 2 heteroatoms. The summed E-state index contributed by atoms with van der Waals surface area (Å²) in [5.74, 6) is 1.35. The second kappa shape index (κ2) is 5.05. The minimum Gasteiger partial charge on any atom is -0.457 e. The Bertz CT molecular complexity index is 405. The van der Waals surface area contributed by atoms with Gasteiger partial charge in [-0.15, -0.1) is 0 Å². The van der Waals surface area contributed by atoms with Crippen LogP contribution < -0.4 is 10.5 Å². The molecule has 2 nitrogen and oxygen atoms in total. The molecule has 0 aromatic heterocycles. The summed E-state index contributed by atoms with van der Waals surface area (Å²) in [6.07, 6.45) is 5.01. The van der Waals surface area contributed by atoms with Crippen LogP contribution in [0, 0.1) is 6.92 Å². The van der Waals surface area contributed by atoms with Crippen LogP contribution in [0.4, 0.5) is 5.69 Å². The Morgan fingerprint density at radius 1 is 1.40 bits per heavy atom. The van der Waals surface area contributed by atoms with E-state index in [1.807, 2.05) is 19.1 Å². The average Bonchev–Trinajstić information content (AvgIpc) is 2.23. The van der Waals surface area contributed by atoms with Crippen molar-refractivity contribution in [2.24, 2.45) is 0 Å². The summed E-state index contributed by atoms with van der Waals surface area (Å²) in [5, 5.41) is 0. The van der Waals surface area contributed by atoms with Crippen LogP contribution in [0.2, 0.25) is 0 Å². The van der Waals surface area contributed by atoms with Crippen molar-refractivity contribution >= 4 is 5.69 Å². The van der Waals surface area contributed by atoms with Gasteiger partial charge in [-0.05, 0) is 30.7 Å². The van der Waals surface area contributed by atoms with E-state index in [4.69, 9.17) is 10.5 Å². The van der Waals surface area contributed by atoms with Crippen LogP contribution in [0.3, 0.4) is 0 Å². The molecule has 0 saturated carbocycles. The number of ether oxygens (including phenoxy) is 1. The van der Waals surface area contributed by atoms with Crippen molar-refractivity contribution in [3.63, 3.8) is 0 Å². The highest BCUT2D eigenvalue weighted by molar-refractivity contribution is 5.51. The van der Waals surface area contributed by atoms with Crippen molar-refractivity contribution in [1.29, 1.82) is 0 Å². The van der Waals surface area contributed by atoms with E-state index in [-0.39, 0.29) is 0 Å². The Balaban J connectivity index is 2.89. The molecule has 0 saturated heterocycles. The smallest absolute Gasteiger partial charge is 0.129 e. The van der Waals surface area contributed by atoms with Crippen LogP contribution in [0.1, 0.15) is 5.56 Å². The molecule has 1 aromatic rings. The Labute approximate surface area is 90.4 Å². The number of nitrogens with two attached hydrogens (primary N) is 1. The van der Waals surface area contributed by atoms with Crippen LogP contribution in [-0.2, 0) is 0 Å². The molecule has 0 spiro atoms. The van der Waals surface area contributed by atoms with Crippen LogP contribution >= 0.6 is 0 Å². The van der Waals surface area contributed by atoms with Crippen molar-refractivity contribution in [2.75, 3.05) is 5.73 Å². The molecular formula is C13H15NO. The predicted molar refractivity (Wildman–Crippen MR) is 64.7 cm³/mol. The molecule has 0 heterocycles. The van der Waals surface area contributed by atoms with E-state index in [0.29, 0.717) is 11.5 Å². The molecule has 0 unspecified atom stereocenters. The quantitative estimate of drug-likeness (QED) is 0.461. The molecule has 0 radical (unpaired) electrons. The second-order valence-electron chi connectivity index (χ2n) is 3.13. The van der Waals surface area contributed by atoms with E-state index >= 15 is 0 Å². The van der Waals surface area contributed by atoms with Gasteiger partial charge in [-0.25, -0.2) is 0 Å². The standard InChI is InChI=1S/C13H15NO/c1-4-6-11(5-2)15-12-8-7-10(3)13(14)9-12/h4-9H,1-2,14H2,3H3/b11-6+. The molecule has 78 valence electrons. The zero-order valence-electron chi connectivity index (χ0n) is 8.86. The maximum Gasteiger partial charge on any atom is 0.129 e. The topological polar surface area (TPSA) is 35.2 Å². The van der Waals surface area contributed by atoms with Gasteiger partial charge in [-0.3, -0.25) is 0 Å². The van der Waals surface area contributed by atoms with E-state index < -0.39 is 0 Å². The normalized spacial score (nSPS) is 10.9. The van der Waals surface area contributed by atoms with Gasteiger partial charge in [0, 0.05) is 11.8 Å². The van der Waals surface area contributed by atoms with Crippen LogP contribution in [0.25, 0.3) is 0 Å². The van der Waals surface area contributed by atoms with Gasteiger partial charge in [0.2, 0.25) is 0 Å². The van der Waals surface area contributed by atoms with Gasteiger partial charge in [0.15, 0.2) is 0 Å². The Morgan fingerprint density at radius 2 is 2.13 bits per heavy atom. The zero-order chi connectivity index (χ0) is 11.3. The highest BCUT2D eigenvalue weighted by Gasteiger charge is 1.99. The third-order valence-corrected chi connectivity index (χ3v) is 1.97. The van der Waals surface area contributed by atoms with Gasteiger partial charge in [0.25, 0.3) is 0 Å². The van der Waals surface area contributed by atoms with E-state index in [1.165, 1.54) is 0 Å². The summed E-state index contributed by atoms with van der Waals surface area (Å²) in [7, 11) is 0. The molecule has 2 N–H and O–H groups in total. The fraction of sp³-hybridized carbons (Fsp3) is 0.0769. The number of aryl methyl sites for hydroxylation is 1. The van der Waals surface area contributed by atoms with Gasteiger partial charge in [0.1, 0.15) is 11.5 Å². The van der Waals surface area contributed by atoms with E-state index in [1.54, 1.807) is 24.3 Å². The largest absolute Gasteiger partial charge is 0.457 e. The average molecular weight is 201 g/mol. The summed E-state index contributed by atoms with van der Waals surface area (Å²) >= 11 is 0. The molecule has 0 atom stereocenters. The van der Waals surface area contributed by atoms with Gasteiger partial charge >= 0.3 is 0 Å². The number of nitrogen functional groups attached to an aromatic ring is 1. The first kappa shape index (κ1) is 11.1. The fourth-order valence-electron chi connectivity index (χ4n) is 1.08. The SMILES string of the molecule is C=C/C=C(\C=C)Oc1ccc(C)c(N)c1. The maximum absolute atomic E-state index is 5.77. The third kappa shape index (κ3) is 3.02. The third-order valence-electron chi connectivity index (χ3n) is 1.97. The molecule has 0 aliphatic rings. The molecule has 0 aliphatic heterocycles. The number of anilines is 1. The highest BCUT2D eigenvalue weighted by atomic mass is 16.5. The monoisotopic (exact) mass is 201 g/mol. The van der Waals surface area contributed by atoms with Crippen molar-refractivity contribution in [3.05, 3.63) is 60.9 Å². The molecular weight excluding hydrogens is 186 g/mol. The number of benzene rings is 1. The summed E-state index contributed by atoms with van der Waals surface area (Å²) in [4.78, 5) is 0. The lowest BCUT2D eigenvalue weighted by molar-refractivity contribution is 0.445. The van der Waals surface area contributed by atoms with Crippen molar-refractivity contribution < 1.29 is 4.74 Å². The number of hydrogen-bond donors (Lipinski definition) is 1. The zero-order valence-corrected chi connectivity index (χ0v) is 8.86. The minimum absolute atomic E-state index is 0.647. The summed E-state index contributed by atoms with van der Waals surface area (Å²) < 4.78 is 5.53.